The van der Waals surface area contributed by atoms with Crippen LogP contribution in [-0.4, -0.2) is 15.6 Å². The topological polar surface area (TPSA) is 20.2 Å². The van der Waals surface area contributed by atoms with E-state index in [0.29, 0.717) is 0 Å². The molecular weight excluding hydrogens is 252 g/mol. The van der Waals surface area contributed by atoms with Gasteiger partial charge in [0, 0.05) is 0 Å². The summed E-state index contributed by atoms with van der Waals surface area (Å²) in [5.41, 5.74) is 0.0137. The Morgan fingerprint density at radius 3 is 1.93 bits per heavy atom. The van der Waals surface area contributed by atoms with E-state index < -0.39 is 16.6 Å². The van der Waals surface area contributed by atoms with Crippen LogP contribution in [0.25, 0.3) is 0 Å². The zero-order valence-corrected chi connectivity index (χ0v) is 8.81. The van der Waals surface area contributed by atoms with Crippen molar-refractivity contribution in [2.24, 2.45) is 0 Å². The summed E-state index contributed by atoms with van der Waals surface area (Å²) in [6, 6.07) is 7.21. The standard InChI is InChI=1S/C9H7Cl2F3O/c10-8(11,9(12,13)14)7(15)6-4-2-1-3-5-6/h1-5,7,15H/t7-/m1/s1. The van der Waals surface area contributed by atoms with Crippen LogP contribution in [0.3, 0.4) is 0 Å². The molecule has 1 aromatic carbocycles. The largest absolute Gasteiger partial charge is 0.424 e. The molecule has 0 unspecified atom stereocenters. The van der Waals surface area contributed by atoms with E-state index in [1.807, 2.05) is 0 Å². The molecule has 0 spiro atoms. The number of hydrogen-bond donors (Lipinski definition) is 1. The first-order chi connectivity index (χ1) is 6.77. The molecule has 15 heavy (non-hydrogen) atoms. The minimum absolute atomic E-state index is 0.0137. The Balaban J connectivity index is 3.00. The van der Waals surface area contributed by atoms with Crippen LogP contribution in [-0.2, 0) is 0 Å². The number of aliphatic hydroxyl groups is 1. The Hall–Kier alpha value is -0.450. The molecule has 1 nitrogen and oxygen atoms in total. The quantitative estimate of drug-likeness (QED) is 0.806. The van der Waals surface area contributed by atoms with Gasteiger partial charge in [0.1, 0.15) is 6.10 Å². The van der Waals surface area contributed by atoms with Gasteiger partial charge in [-0.25, -0.2) is 0 Å². The summed E-state index contributed by atoms with van der Waals surface area (Å²) in [6.07, 6.45) is -6.91. The van der Waals surface area contributed by atoms with Gasteiger partial charge in [-0.2, -0.15) is 13.2 Å². The third-order valence-corrected chi connectivity index (χ3v) is 2.68. The first-order valence-electron chi connectivity index (χ1n) is 3.94. The van der Waals surface area contributed by atoms with Gasteiger partial charge < -0.3 is 5.11 Å². The van der Waals surface area contributed by atoms with E-state index in [1.165, 1.54) is 24.3 Å². The minimum Gasteiger partial charge on any atom is -0.385 e. The maximum atomic E-state index is 12.3. The number of halogens is 5. The molecule has 0 aliphatic heterocycles. The second-order valence-corrected chi connectivity index (χ2v) is 4.32. The Kier molecular flexibility index (Phi) is 3.53. The van der Waals surface area contributed by atoms with Crippen molar-refractivity contribution in [3.05, 3.63) is 35.9 Å². The fourth-order valence-electron chi connectivity index (χ4n) is 1.000. The Labute approximate surface area is 94.4 Å². The summed E-state index contributed by atoms with van der Waals surface area (Å²) in [4.78, 5) is 0. The van der Waals surface area contributed by atoms with Gasteiger partial charge in [-0.1, -0.05) is 53.5 Å². The van der Waals surface area contributed by atoms with Gasteiger partial charge in [0.05, 0.1) is 0 Å². The SMILES string of the molecule is O[C@H](c1ccccc1)C(Cl)(Cl)C(F)(F)F. The predicted octanol–water partition coefficient (Wildman–Crippen LogP) is 3.46. The number of aliphatic hydroxyl groups excluding tert-OH is 1. The van der Waals surface area contributed by atoms with E-state index >= 15 is 0 Å². The lowest BCUT2D eigenvalue weighted by atomic mass is 10.1. The van der Waals surface area contributed by atoms with Crippen molar-refractivity contribution in [3.8, 4) is 0 Å². The van der Waals surface area contributed by atoms with Crippen LogP contribution in [0.5, 0.6) is 0 Å². The van der Waals surface area contributed by atoms with Crippen LogP contribution in [0.2, 0.25) is 0 Å². The summed E-state index contributed by atoms with van der Waals surface area (Å²) < 4.78 is 33.8. The zero-order chi connectivity index (χ0) is 11.7. The van der Waals surface area contributed by atoms with E-state index in [9.17, 15) is 18.3 Å². The minimum atomic E-state index is -4.90. The molecule has 0 radical (unpaired) electrons. The van der Waals surface area contributed by atoms with E-state index in [0.717, 1.165) is 0 Å². The third kappa shape index (κ3) is 2.56. The molecular formula is C9H7Cl2F3O. The number of alkyl halides is 5. The van der Waals surface area contributed by atoms with Crippen LogP contribution in [0.15, 0.2) is 30.3 Å². The molecule has 0 aliphatic rings. The van der Waals surface area contributed by atoms with Crippen molar-refractivity contribution >= 4 is 23.2 Å². The van der Waals surface area contributed by atoms with Crippen LogP contribution in [0.1, 0.15) is 11.7 Å². The maximum absolute atomic E-state index is 12.3. The van der Waals surface area contributed by atoms with Crippen molar-refractivity contribution in [3.63, 3.8) is 0 Å². The Morgan fingerprint density at radius 2 is 1.53 bits per heavy atom. The second-order valence-electron chi connectivity index (χ2n) is 2.93. The highest BCUT2D eigenvalue weighted by Crippen LogP contribution is 2.48. The average Bonchev–Trinajstić information content (AvgIpc) is 2.16. The van der Waals surface area contributed by atoms with E-state index in [2.05, 4.69) is 0 Å². The molecule has 0 heterocycles. The molecule has 1 rings (SSSR count). The van der Waals surface area contributed by atoms with Gasteiger partial charge in [-0.15, -0.1) is 0 Å². The fourth-order valence-corrected chi connectivity index (χ4v) is 1.25. The van der Waals surface area contributed by atoms with Crippen LogP contribution < -0.4 is 0 Å². The van der Waals surface area contributed by atoms with Crippen molar-refractivity contribution in [2.45, 2.75) is 16.6 Å². The summed E-state index contributed by atoms with van der Waals surface area (Å²) in [5.74, 6) is 0. The van der Waals surface area contributed by atoms with Crippen LogP contribution in [0.4, 0.5) is 13.2 Å². The molecule has 0 amide bonds. The number of hydrogen-bond acceptors (Lipinski definition) is 1. The molecule has 0 aliphatic carbocycles. The number of rotatable bonds is 2. The number of benzene rings is 1. The molecule has 6 heteroatoms. The second kappa shape index (κ2) is 4.20. The Morgan fingerprint density at radius 1 is 1.07 bits per heavy atom. The summed E-state index contributed by atoms with van der Waals surface area (Å²) in [5, 5.41) is 9.40. The molecule has 0 saturated carbocycles. The highest BCUT2D eigenvalue weighted by atomic mass is 35.5. The van der Waals surface area contributed by atoms with E-state index in [4.69, 9.17) is 23.2 Å². The summed E-state index contributed by atoms with van der Waals surface area (Å²) in [6.45, 7) is 0. The molecule has 0 fully saturated rings. The molecule has 0 bridgehead atoms. The molecule has 84 valence electrons. The van der Waals surface area contributed by atoms with Crippen molar-refractivity contribution in [2.75, 3.05) is 0 Å². The lowest BCUT2D eigenvalue weighted by Gasteiger charge is -2.28. The first kappa shape index (κ1) is 12.6. The van der Waals surface area contributed by atoms with Gasteiger partial charge in [0.15, 0.2) is 0 Å². The van der Waals surface area contributed by atoms with Crippen LogP contribution >= 0.6 is 23.2 Å². The molecule has 0 aromatic heterocycles. The van der Waals surface area contributed by atoms with Gasteiger partial charge in [0.25, 0.3) is 0 Å². The van der Waals surface area contributed by atoms with Gasteiger partial charge in [-0.3, -0.25) is 0 Å². The normalized spacial score (nSPS) is 15.1. The molecule has 1 aromatic rings. The Bertz CT molecular complexity index is 324. The highest BCUT2D eigenvalue weighted by Gasteiger charge is 2.57. The van der Waals surface area contributed by atoms with Crippen molar-refractivity contribution in [1.82, 2.24) is 0 Å². The van der Waals surface area contributed by atoms with Gasteiger partial charge in [0.2, 0.25) is 4.33 Å². The molecule has 1 N–H and O–H groups in total. The van der Waals surface area contributed by atoms with Gasteiger partial charge >= 0.3 is 6.18 Å². The van der Waals surface area contributed by atoms with E-state index in [1.54, 1.807) is 6.07 Å². The fraction of sp³-hybridized carbons (Fsp3) is 0.333. The first-order valence-corrected chi connectivity index (χ1v) is 4.70. The van der Waals surface area contributed by atoms with Crippen molar-refractivity contribution in [1.29, 1.82) is 0 Å². The lowest BCUT2D eigenvalue weighted by Crippen LogP contribution is -2.40. The molecule has 0 saturated heterocycles. The molecule has 1 atom stereocenters. The van der Waals surface area contributed by atoms with Gasteiger partial charge in [-0.05, 0) is 5.56 Å². The smallest absolute Gasteiger partial charge is 0.385 e. The highest BCUT2D eigenvalue weighted by molar-refractivity contribution is 6.49. The zero-order valence-electron chi connectivity index (χ0n) is 7.30. The average molecular weight is 259 g/mol. The monoisotopic (exact) mass is 258 g/mol. The maximum Gasteiger partial charge on any atom is 0.424 e. The lowest BCUT2D eigenvalue weighted by molar-refractivity contribution is -0.162. The van der Waals surface area contributed by atoms with E-state index in [-0.39, 0.29) is 5.56 Å². The third-order valence-electron chi connectivity index (χ3n) is 1.84. The van der Waals surface area contributed by atoms with Crippen molar-refractivity contribution < 1.29 is 18.3 Å². The summed E-state index contributed by atoms with van der Waals surface area (Å²) >= 11 is 10.2. The van der Waals surface area contributed by atoms with Crippen LogP contribution in [0, 0.1) is 0 Å². The summed E-state index contributed by atoms with van der Waals surface area (Å²) in [7, 11) is 0. The predicted molar refractivity (Wildman–Crippen MR) is 51.9 cm³/mol.